The first-order chi connectivity index (χ1) is 7.69. The van der Waals surface area contributed by atoms with Gasteiger partial charge in [0.15, 0.2) is 0 Å². The highest BCUT2D eigenvalue weighted by Gasteiger charge is 2.02. The molecular weight excluding hydrogens is 202 g/mol. The van der Waals surface area contributed by atoms with Crippen molar-refractivity contribution in [3.63, 3.8) is 0 Å². The number of rotatable bonds is 1. The molecule has 78 valence electrons. The van der Waals surface area contributed by atoms with Crippen molar-refractivity contribution in [2.45, 2.75) is 6.92 Å². The van der Waals surface area contributed by atoms with Gasteiger partial charge in [-0.15, -0.1) is 0 Å². The predicted molar refractivity (Wildman–Crippen MR) is 59.7 cm³/mol. The van der Waals surface area contributed by atoms with Crippen molar-refractivity contribution >= 4 is 0 Å². The van der Waals surface area contributed by atoms with Crippen molar-refractivity contribution in [1.29, 1.82) is 5.26 Å². The second-order valence-corrected chi connectivity index (χ2v) is 3.46. The molecule has 1 heterocycles. The van der Waals surface area contributed by atoms with Crippen LogP contribution < -0.4 is 5.56 Å². The summed E-state index contributed by atoms with van der Waals surface area (Å²) in [4.78, 5) is 17.6. The van der Waals surface area contributed by atoms with E-state index in [-0.39, 0.29) is 11.4 Å². The van der Waals surface area contributed by atoms with Gasteiger partial charge in [-0.25, -0.2) is 4.98 Å². The van der Waals surface area contributed by atoms with Crippen molar-refractivity contribution < 1.29 is 0 Å². The van der Waals surface area contributed by atoms with Gasteiger partial charge in [0.05, 0.1) is 5.69 Å². The molecule has 2 rings (SSSR count). The molecule has 0 radical (unpaired) electrons. The number of hydrogen-bond acceptors (Lipinski definition) is 3. The minimum Gasteiger partial charge on any atom is -0.298 e. The van der Waals surface area contributed by atoms with Gasteiger partial charge >= 0.3 is 0 Å². The summed E-state index contributed by atoms with van der Waals surface area (Å²) in [6.45, 7) is 1.98. The number of benzene rings is 1. The molecule has 0 atom stereocenters. The highest BCUT2D eigenvalue weighted by molar-refractivity contribution is 5.59. The van der Waals surface area contributed by atoms with Crippen LogP contribution in [0.5, 0.6) is 0 Å². The van der Waals surface area contributed by atoms with Gasteiger partial charge in [-0.3, -0.25) is 9.78 Å². The van der Waals surface area contributed by atoms with Gasteiger partial charge in [0.25, 0.3) is 5.56 Å². The lowest BCUT2D eigenvalue weighted by Crippen LogP contribution is -2.08. The van der Waals surface area contributed by atoms with Gasteiger partial charge < -0.3 is 0 Å². The van der Waals surface area contributed by atoms with Gasteiger partial charge in [-0.1, -0.05) is 29.8 Å². The van der Waals surface area contributed by atoms with Gasteiger partial charge in [-0.05, 0) is 6.92 Å². The van der Waals surface area contributed by atoms with E-state index in [9.17, 15) is 4.79 Å². The molecule has 1 aromatic heterocycles. The van der Waals surface area contributed by atoms with Crippen LogP contribution in [0.4, 0.5) is 0 Å². The monoisotopic (exact) mass is 211 g/mol. The van der Waals surface area contributed by atoms with Crippen LogP contribution in [0.2, 0.25) is 0 Å². The molecule has 0 unspecified atom stereocenters. The van der Waals surface area contributed by atoms with E-state index in [1.165, 1.54) is 6.07 Å². The molecule has 4 nitrogen and oxygen atoms in total. The second kappa shape index (κ2) is 3.99. The number of aromatic amines is 1. The van der Waals surface area contributed by atoms with E-state index in [1.54, 1.807) is 0 Å². The Morgan fingerprint density at radius 1 is 1.31 bits per heavy atom. The summed E-state index contributed by atoms with van der Waals surface area (Å²) in [5.74, 6) is 0.0306. The molecule has 1 N–H and O–H groups in total. The number of nitrogens with zero attached hydrogens (tertiary/aromatic N) is 2. The molecule has 4 heteroatoms. The summed E-state index contributed by atoms with van der Waals surface area (Å²) in [6.07, 6.45) is 0. The van der Waals surface area contributed by atoms with E-state index in [0.717, 1.165) is 11.1 Å². The zero-order valence-corrected chi connectivity index (χ0v) is 8.69. The van der Waals surface area contributed by atoms with Gasteiger partial charge in [0.2, 0.25) is 5.82 Å². The number of hydrogen-bond donors (Lipinski definition) is 1. The van der Waals surface area contributed by atoms with Crippen molar-refractivity contribution in [1.82, 2.24) is 9.97 Å². The quantitative estimate of drug-likeness (QED) is 0.779. The summed E-state index contributed by atoms with van der Waals surface area (Å²) in [7, 11) is 0. The molecule has 0 aliphatic rings. The average Bonchev–Trinajstić information content (AvgIpc) is 2.29. The van der Waals surface area contributed by atoms with Crippen LogP contribution in [0, 0.1) is 18.3 Å². The molecule has 2 aromatic rings. The molecule has 0 amide bonds. The Bertz CT molecular complexity index is 605. The first-order valence-corrected chi connectivity index (χ1v) is 4.77. The van der Waals surface area contributed by atoms with E-state index in [4.69, 9.17) is 5.26 Å². The first-order valence-electron chi connectivity index (χ1n) is 4.77. The zero-order valence-electron chi connectivity index (χ0n) is 8.69. The first kappa shape index (κ1) is 10.1. The summed E-state index contributed by atoms with van der Waals surface area (Å²) in [5, 5.41) is 8.69. The van der Waals surface area contributed by atoms with Crippen molar-refractivity contribution in [2.75, 3.05) is 0 Å². The van der Waals surface area contributed by atoms with Crippen LogP contribution in [0.3, 0.4) is 0 Å². The summed E-state index contributed by atoms with van der Waals surface area (Å²) in [5.41, 5.74) is 2.16. The smallest absolute Gasteiger partial charge is 0.252 e. The average molecular weight is 211 g/mol. The molecule has 0 spiro atoms. The lowest BCUT2D eigenvalue weighted by atomic mass is 10.1. The molecule has 1 aromatic carbocycles. The van der Waals surface area contributed by atoms with Crippen molar-refractivity contribution in [3.8, 4) is 17.3 Å². The Morgan fingerprint density at radius 2 is 2.00 bits per heavy atom. The largest absolute Gasteiger partial charge is 0.298 e. The molecular formula is C12H9N3O. The number of nitriles is 1. The van der Waals surface area contributed by atoms with Gasteiger partial charge in [0.1, 0.15) is 6.07 Å². The minimum atomic E-state index is -0.317. The van der Waals surface area contributed by atoms with Crippen LogP contribution in [-0.2, 0) is 0 Å². The molecule has 0 aliphatic carbocycles. The standard InChI is InChI=1S/C12H9N3O/c1-8-2-4-9(5-3-8)10-6-12(16)15-11(7-13)14-10/h2-6H,1H3,(H,14,15,16). The predicted octanol–water partition coefficient (Wildman–Crippen LogP) is 1.62. The lowest BCUT2D eigenvalue weighted by molar-refractivity contribution is 1.08. The lowest BCUT2D eigenvalue weighted by Gasteiger charge is -2.00. The van der Waals surface area contributed by atoms with Crippen LogP contribution in [0.1, 0.15) is 11.4 Å². The number of aryl methyl sites for hydroxylation is 1. The number of H-pyrrole nitrogens is 1. The van der Waals surface area contributed by atoms with Gasteiger partial charge in [-0.2, -0.15) is 5.26 Å². The Balaban J connectivity index is 2.56. The van der Waals surface area contributed by atoms with E-state index < -0.39 is 0 Å². The highest BCUT2D eigenvalue weighted by atomic mass is 16.1. The van der Waals surface area contributed by atoms with Crippen LogP contribution in [0.25, 0.3) is 11.3 Å². The topological polar surface area (TPSA) is 69.5 Å². The Kier molecular flexibility index (Phi) is 2.52. The van der Waals surface area contributed by atoms with E-state index in [0.29, 0.717) is 5.69 Å². The fourth-order valence-corrected chi connectivity index (χ4v) is 1.38. The van der Waals surface area contributed by atoms with Crippen molar-refractivity contribution in [3.05, 3.63) is 52.1 Å². The van der Waals surface area contributed by atoms with E-state index in [2.05, 4.69) is 9.97 Å². The normalized spacial score (nSPS) is 9.75. The SMILES string of the molecule is Cc1ccc(-c2cc(=O)[nH]c(C#N)n2)cc1. The van der Waals surface area contributed by atoms with E-state index >= 15 is 0 Å². The Labute approximate surface area is 92.2 Å². The van der Waals surface area contributed by atoms with Crippen molar-refractivity contribution in [2.24, 2.45) is 0 Å². The maximum Gasteiger partial charge on any atom is 0.252 e. The maximum atomic E-state index is 11.3. The highest BCUT2D eigenvalue weighted by Crippen LogP contribution is 2.15. The van der Waals surface area contributed by atoms with Crippen LogP contribution in [-0.4, -0.2) is 9.97 Å². The number of nitrogens with one attached hydrogen (secondary N) is 1. The maximum absolute atomic E-state index is 11.3. The third kappa shape index (κ3) is 1.98. The van der Waals surface area contributed by atoms with Crippen LogP contribution >= 0.6 is 0 Å². The molecule has 0 bridgehead atoms. The molecule has 16 heavy (non-hydrogen) atoms. The fraction of sp³-hybridized carbons (Fsp3) is 0.0833. The Morgan fingerprint density at radius 3 is 2.62 bits per heavy atom. The minimum absolute atomic E-state index is 0.0306. The number of aromatic nitrogens is 2. The van der Waals surface area contributed by atoms with Gasteiger partial charge in [0, 0.05) is 11.6 Å². The van der Waals surface area contributed by atoms with Crippen LogP contribution in [0.15, 0.2) is 35.1 Å². The Hall–Kier alpha value is -2.41. The second-order valence-electron chi connectivity index (χ2n) is 3.46. The third-order valence-corrected chi connectivity index (χ3v) is 2.19. The molecule has 0 saturated heterocycles. The molecule has 0 fully saturated rings. The summed E-state index contributed by atoms with van der Waals surface area (Å²) >= 11 is 0. The fourth-order valence-electron chi connectivity index (χ4n) is 1.38. The summed E-state index contributed by atoms with van der Waals surface area (Å²) < 4.78 is 0. The van der Waals surface area contributed by atoms with E-state index in [1.807, 2.05) is 37.3 Å². The molecule has 0 aliphatic heterocycles. The summed E-state index contributed by atoms with van der Waals surface area (Å²) in [6, 6.07) is 10.8. The molecule has 0 saturated carbocycles. The zero-order chi connectivity index (χ0) is 11.5. The third-order valence-electron chi connectivity index (χ3n) is 2.19.